The summed E-state index contributed by atoms with van der Waals surface area (Å²) in [6, 6.07) is 7.37. The third-order valence-electron chi connectivity index (χ3n) is 5.16. The number of rotatable bonds is 6. The summed E-state index contributed by atoms with van der Waals surface area (Å²) in [5.74, 6) is 1.03. The number of para-hydroxylation sites is 1. The normalized spacial score (nSPS) is 22.8. The number of aromatic nitrogens is 4. The number of aromatic hydroxyl groups is 1. The molecule has 0 unspecified atom stereocenters. The van der Waals surface area contributed by atoms with Gasteiger partial charge in [-0.3, -0.25) is 5.10 Å². The van der Waals surface area contributed by atoms with Gasteiger partial charge < -0.3 is 20.9 Å². The van der Waals surface area contributed by atoms with E-state index in [1.54, 1.807) is 12.3 Å². The quantitative estimate of drug-likeness (QED) is 0.493. The van der Waals surface area contributed by atoms with E-state index in [0.29, 0.717) is 30.2 Å². The number of phenolic OH excluding ortho intramolecular Hbond substituents is 1. The summed E-state index contributed by atoms with van der Waals surface area (Å²) in [6.45, 7) is 0.592. The van der Waals surface area contributed by atoms with Gasteiger partial charge in [-0.15, -0.1) is 0 Å². The first-order valence-electron chi connectivity index (χ1n) is 9.23. The highest BCUT2D eigenvalue weighted by Crippen LogP contribution is 2.30. The number of hydrogen-bond donors (Lipinski definition) is 4. The summed E-state index contributed by atoms with van der Waals surface area (Å²) >= 11 is 0. The van der Waals surface area contributed by atoms with E-state index in [4.69, 9.17) is 10.5 Å². The molecule has 8 heteroatoms. The molecular weight excluding hydrogens is 344 g/mol. The Morgan fingerprint density at radius 1 is 1.26 bits per heavy atom. The van der Waals surface area contributed by atoms with E-state index in [9.17, 15) is 5.11 Å². The molecule has 0 radical (unpaired) electrons. The first-order valence-corrected chi connectivity index (χ1v) is 9.23. The summed E-state index contributed by atoms with van der Waals surface area (Å²) in [5.41, 5.74) is 7.65. The smallest absolute Gasteiger partial charge is 0.160 e. The van der Waals surface area contributed by atoms with Crippen molar-refractivity contribution in [2.45, 2.75) is 43.9 Å². The Morgan fingerprint density at radius 2 is 2.07 bits per heavy atom. The molecule has 0 amide bonds. The monoisotopic (exact) mass is 368 g/mol. The molecule has 27 heavy (non-hydrogen) atoms. The minimum atomic E-state index is -0.518. The largest absolute Gasteiger partial charge is 0.508 e. The first kappa shape index (κ1) is 17.7. The second kappa shape index (κ2) is 7.50. The number of nitrogens with zero attached hydrogens (tertiary/aromatic N) is 3. The summed E-state index contributed by atoms with van der Waals surface area (Å²) in [5, 5.41) is 20.9. The van der Waals surface area contributed by atoms with Crippen molar-refractivity contribution in [2.24, 2.45) is 5.73 Å². The number of nitrogens with two attached hydrogens (primary N) is 1. The summed E-state index contributed by atoms with van der Waals surface area (Å²) in [4.78, 5) is 8.46. The molecular formula is C19H24N6O2. The number of ether oxygens (including phenoxy) is 1. The van der Waals surface area contributed by atoms with Crippen LogP contribution >= 0.6 is 0 Å². The fraction of sp³-hybridized carbons (Fsp3) is 0.421. The minimum absolute atomic E-state index is 0.189. The molecule has 0 spiro atoms. The summed E-state index contributed by atoms with van der Waals surface area (Å²) in [7, 11) is 0. The Balaban J connectivity index is 1.29. The molecule has 3 aromatic rings. The van der Waals surface area contributed by atoms with Crippen LogP contribution in [0.5, 0.6) is 5.75 Å². The van der Waals surface area contributed by atoms with Crippen LogP contribution in [-0.4, -0.2) is 43.6 Å². The van der Waals surface area contributed by atoms with Gasteiger partial charge in [-0.05, 0) is 43.7 Å². The number of phenols is 1. The van der Waals surface area contributed by atoms with E-state index in [1.165, 1.54) is 6.33 Å². The van der Waals surface area contributed by atoms with Crippen molar-refractivity contribution in [3.8, 4) is 5.75 Å². The fourth-order valence-corrected chi connectivity index (χ4v) is 3.56. The molecule has 0 atom stereocenters. The van der Waals surface area contributed by atoms with Gasteiger partial charge in [-0.1, -0.05) is 18.2 Å². The van der Waals surface area contributed by atoms with Crippen molar-refractivity contribution in [3.63, 3.8) is 0 Å². The molecule has 4 rings (SSSR count). The van der Waals surface area contributed by atoms with Crippen molar-refractivity contribution in [1.82, 2.24) is 20.2 Å². The van der Waals surface area contributed by atoms with Crippen molar-refractivity contribution < 1.29 is 9.84 Å². The molecule has 2 heterocycles. The lowest BCUT2D eigenvalue weighted by molar-refractivity contribution is 0.0181. The van der Waals surface area contributed by atoms with Crippen molar-refractivity contribution in [3.05, 3.63) is 42.4 Å². The topological polar surface area (TPSA) is 122 Å². The van der Waals surface area contributed by atoms with Crippen molar-refractivity contribution in [1.29, 1.82) is 0 Å². The van der Waals surface area contributed by atoms with Gasteiger partial charge in [0.25, 0.3) is 0 Å². The Labute approximate surface area is 157 Å². The molecule has 1 aromatic carbocycles. The highest BCUT2D eigenvalue weighted by atomic mass is 16.5. The minimum Gasteiger partial charge on any atom is -0.508 e. The maximum Gasteiger partial charge on any atom is 0.160 e. The molecule has 0 saturated heterocycles. The zero-order valence-electron chi connectivity index (χ0n) is 15.1. The molecule has 1 aliphatic carbocycles. The average Bonchev–Trinajstić information content (AvgIpc) is 3.15. The predicted molar refractivity (Wildman–Crippen MR) is 102 cm³/mol. The van der Waals surface area contributed by atoms with Crippen LogP contribution in [0.1, 0.15) is 31.2 Å². The van der Waals surface area contributed by atoms with Crippen molar-refractivity contribution in [2.75, 3.05) is 11.9 Å². The van der Waals surface area contributed by atoms with Gasteiger partial charge in [-0.2, -0.15) is 5.10 Å². The van der Waals surface area contributed by atoms with E-state index in [-0.39, 0.29) is 6.10 Å². The lowest BCUT2D eigenvalue weighted by Gasteiger charge is -2.38. The van der Waals surface area contributed by atoms with E-state index in [1.807, 2.05) is 18.2 Å². The van der Waals surface area contributed by atoms with Gasteiger partial charge in [0.2, 0.25) is 0 Å². The van der Waals surface area contributed by atoms with Crippen LogP contribution in [0, 0.1) is 0 Å². The highest BCUT2D eigenvalue weighted by molar-refractivity contribution is 5.85. The van der Waals surface area contributed by atoms with Gasteiger partial charge in [0.05, 0.1) is 30.0 Å². The Kier molecular flexibility index (Phi) is 4.91. The Morgan fingerprint density at radius 3 is 2.89 bits per heavy atom. The van der Waals surface area contributed by atoms with Crippen LogP contribution in [0.2, 0.25) is 0 Å². The van der Waals surface area contributed by atoms with Gasteiger partial charge in [0.1, 0.15) is 17.9 Å². The van der Waals surface area contributed by atoms with Gasteiger partial charge in [-0.25, -0.2) is 9.97 Å². The summed E-state index contributed by atoms with van der Waals surface area (Å²) < 4.78 is 6.01. The van der Waals surface area contributed by atoms with E-state index >= 15 is 0 Å². The molecule has 1 fully saturated rings. The number of benzene rings is 1. The fourth-order valence-electron chi connectivity index (χ4n) is 3.56. The summed E-state index contributed by atoms with van der Waals surface area (Å²) in [6.07, 6.45) is 7.43. The molecule has 0 bridgehead atoms. The lowest BCUT2D eigenvalue weighted by Crippen LogP contribution is -2.51. The third kappa shape index (κ3) is 4.01. The SMILES string of the molecule is NC1(Nc2ncnc3[nH]ncc23)CCC(OCCc2ccccc2O)CC1. The Hall–Kier alpha value is -2.71. The van der Waals surface area contributed by atoms with Crippen LogP contribution in [0.4, 0.5) is 5.82 Å². The predicted octanol–water partition coefficient (Wildman–Crippen LogP) is 2.33. The standard InChI is InChI=1S/C19H24N6O2/c20-19(24-17-15-11-23-25-18(15)22-12-21-17)8-5-14(6-9-19)27-10-7-13-3-1-2-4-16(13)26/h1-4,11-12,14,26H,5-10,20H2,(H2,21,22,23,24,25). The van der Waals surface area contributed by atoms with Gasteiger partial charge in [0, 0.05) is 0 Å². The van der Waals surface area contributed by atoms with Crippen LogP contribution in [0.3, 0.4) is 0 Å². The van der Waals surface area contributed by atoms with Gasteiger partial charge in [0.15, 0.2) is 5.65 Å². The van der Waals surface area contributed by atoms with Gasteiger partial charge >= 0.3 is 0 Å². The number of aromatic amines is 1. The molecule has 2 aromatic heterocycles. The van der Waals surface area contributed by atoms with Crippen LogP contribution in [0.15, 0.2) is 36.8 Å². The Bertz CT molecular complexity index is 904. The third-order valence-corrected chi connectivity index (χ3v) is 5.16. The second-order valence-electron chi connectivity index (χ2n) is 7.08. The highest BCUT2D eigenvalue weighted by Gasteiger charge is 2.32. The zero-order valence-corrected chi connectivity index (χ0v) is 15.1. The van der Waals surface area contributed by atoms with E-state index in [0.717, 1.165) is 36.6 Å². The van der Waals surface area contributed by atoms with Crippen LogP contribution < -0.4 is 11.1 Å². The molecule has 0 aliphatic heterocycles. The molecule has 142 valence electrons. The first-order chi connectivity index (χ1) is 13.1. The maximum atomic E-state index is 9.82. The molecule has 1 aliphatic rings. The zero-order chi connectivity index (χ0) is 18.7. The van der Waals surface area contributed by atoms with Crippen LogP contribution in [-0.2, 0) is 11.2 Å². The number of fused-ring (bicyclic) bond motifs is 1. The van der Waals surface area contributed by atoms with E-state index in [2.05, 4.69) is 25.5 Å². The molecule has 1 saturated carbocycles. The second-order valence-corrected chi connectivity index (χ2v) is 7.08. The number of hydrogen-bond acceptors (Lipinski definition) is 7. The van der Waals surface area contributed by atoms with Crippen LogP contribution in [0.25, 0.3) is 11.0 Å². The van der Waals surface area contributed by atoms with E-state index < -0.39 is 5.66 Å². The molecule has 5 N–H and O–H groups in total. The number of H-pyrrole nitrogens is 1. The maximum absolute atomic E-state index is 9.82. The van der Waals surface area contributed by atoms with Crippen molar-refractivity contribution >= 4 is 16.9 Å². The number of anilines is 1. The molecule has 8 nitrogen and oxygen atoms in total. The lowest BCUT2D eigenvalue weighted by atomic mass is 9.87. The number of nitrogens with one attached hydrogen (secondary N) is 2. The average molecular weight is 368 g/mol.